The van der Waals surface area contributed by atoms with E-state index in [-0.39, 0.29) is 40.7 Å². The Hall–Kier alpha value is -4.32. The van der Waals surface area contributed by atoms with E-state index in [1.807, 2.05) is 0 Å². The maximum absolute atomic E-state index is 14.3. The molecule has 2 aliphatic heterocycles. The number of ether oxygens (including phenoxy) is 1. The topological polar surface area (TPSA) is 124 Å². The third kappa shape index (κ3) is 2.89. The molecule has 4 aromatic rings. The Balaban J connectivity index is 1.55. The minimum absolute atomic E-state index is 0.0190. The number of fused-ring (bicyclic) bond motifs is 1. The third-order valence-corrected chi connectivity index (χ3v) is 6.46. The fourth-order valence-electron chi connectivity index (χ4n) is 4.70. The lowest BCUT2D eigenvalue weighted by Gasteiger charge is -2.35. The molecule has 0 bridgehead atoms. The highest BCUT2D eigenvalue weighted by atomic mass is 19.1. The Labute approximate surface area is 196 Å². The van der Waals surface area contributed by atoms with Crippen LogP contribution in [0.15, 0.2) is 36.5 Å². The summed E-state index contributed by atoms with van der Waals surface area (Å²) in [5.74, 6) is -2.57. The number of amides is 2. The van der Waals surface area contributed by atoms with Gasteiger partial charge in [-0.25, -0.2) is 28.4 Å². The molecule has 0 saturated heterocycles. The summed E-state index contributed by atoms with van der Waals surface area (Å²) in [6, 6.07) is 7.44. The second-order valence-electron chi connectivity index (χ2n) is 8.35. The summed E-state index contributed by atoms with van der Waals surface area (Å²) in [7, 11) is 1.34. The molecule has 2 amide bonds. The summed E-state index contributed by atoms with van der Waals surface area (Å²) < 4.78 is 35.4. The maximum atomic E-state index is 14.3. The predicted octanol–water partition coefficient (Wildman–Crippen LogP) is 2.60. The summed E-state index contributed by atoms with van der Waals surface area (Å²) in [5, 5.41) is 10.1. The van der Waals surface area contributed by atoms with E-state index >= 15 is 0 Å². The SMILES string of the molecule is CO[C@@]12C(=O)Nc3nc(-c4nn(Cc5ccccc5F)c5ncc(F)cc45)nc(c31)NC(=O)[C@H]2C. The zero-order valence-electron chi connectivity index (χ0n) is 18.5. The van der Waals surface area contributed by atoms with Gasteiger partial charge >= 0.3 is 0 Å². The zero-order valence-corrected chi connectivity index (χ0v) is 18.5. The molecule has 12 heteroatoms. The first kappa shape index (κ1) is 21.2. The van der Waals surface area contributed by atoms with Gasteiger partial charge in [0.25, 0.3) is 5.91 Å². The lowest BCUT2D eigenvalue weighted by atomic mass is 9.80. The standard InChI is InChI=1S/C23H17F2N7O3/c1-10-21(33)29-17-15-18(30-22(34)23(10,15)35-2)28-19(27-17)16-13-7-12(24)8-26-20(13)32(31-16)9-11-5-3-4-6-14(11)25/h3-8,10H,9H2,1-2H3,(H2,27,28,29,30,33,34)/t10-,23-/m1/s1. The molecule has 10 nitrogen and oxygen atoms in total. The van der Waals surface area contributed by atoms with Crippen molar-refractivity contribution < 1.29 is 23.1 Å². The molecule has 5 heterocycles. The molecule has 0 spiro atoms. The number of carbonyl (C=O) groups is 2. The molecule has 176 valence electrons. The number of methoxy groups -OCH3 is 1. The molecule has 6 rings (SSSR count). The number of nitrogens with one attached hydrogen (secondary N) is 2. The van der Waals surface area contributed by atoms with Crippen molar-refractivity contribution in [2.24, 2.45) is 5.92 Å². The molecule has 0 radical (unpaired) electrons. The van der Waals surface area contributed by atoms with Gasteiger partial charge in [-0.3, -0.25) is 9.59 Å². The molecule has 1 aromatic carbocycles. The highest BCUT2D eigenvalue weighted by Crippen LogP contribution is 2.49. The van der Waals surface area contributed by atoms with Crippen molar-refractivity contribution >= 4 is 34.5 Å². The number of hydrogen-bond acceptors (Lipinski definition) is 7. The molecule has 3 aromatic heterocycles. The molecule has 0 fully saturated rings. The lowest BCUT2D eigenvalue weighted by molar-refractivity contribution is -0.151. The number of rotatable bonds is 4. The van der Waals surface area contributed by atoms with Crippen LogP contribution in [0.5, 0.6) is 0 Å². The van der Waals surface area contributed by atoms with Gasteiger partial charge in [-0.15, -0.1) is 0 Å². The van der Waals surface area contributed by atoms with Crippen molar-refractivity contribution in [3.05, 3.63) is 59.3 Å². The molecular formula is C23H17F2N7O3. The van der Waals surface area contributed by atoms with Crippen LogP contribution in [0.4, 0.5) is 20.4 Å². The van der Waals surface area contributed by atoms with Crippen LogP contribution >= 0.6 is 0 Å². The van der Waals surface area contributed by atoms with Crippen LogP contribution < -0.4 is 10.6 Å². The molecule has 2 aliphatic rings. The number of hydrogen-bond donors (Lipinski definition) is 2. The number of benzene rings is 1. The Morgan fingerprint density at radius 1 is 1.14 bits per heavy atom. The van der Waals surface area contributed by atoms with Crippen LogP contribution in [0.1, 0.15) is 18.1 Å². The molecular weight excluding hydrogens is 460 g/mol. The van der Waals surface area contributed by atoms with Crippen molar-refractivity contribution in [1.82, 2.24) is 24.7 Å². The summed E-state index contributed by atoms with van der Waals surface area (Å²) >= 11 is 0. The van der Waals surface area contributed by atoms with Crippen molar-refractivity contribution in [3.63, 3.8) is 0 Å². The van der Waals surface area contributed by atoms with Crippen LogP contribution in [0.25, 0.3) is 22.6 Å². The Morgan fingerprint density at radius 3 is 2.63 bits per heavy atom. The van der Waals surface area contributed by atoms with Gasteiger partial charge in [0, 0.05) is 12.7 Å². The summed E-state index contributed by atoms with van der Waals surface area (Å²) in [6.45, 7) is 1.61. The van der Waals surface area contributed by atoms with E-state index in [2.05, 4.69) is 30.7 Å². The number of halogens is 2. The average molecular weight is 477 g/mol. The second kappa shape index (κ2) is 7.34. The van der Waals surface area contributed by atoms with E-state index < -0.39 is 35.0 Å². The molecule has 0 aliphatic carbocycles. The van der Waals surface area contributed by atoms with Crippen LogP contribution in [0.3, 0.4) is 0 Å². The number of nitrogens with zero attached hydrogens (tertiary/aromatic N) is 5. The van der Waals surface area contributed by atoms with Crippen molar-refractivity contribution in [1.29, 1.82) is 0 Å². The Bertz CT molecular complexity index is 1570. The van der Waals surface area contributed by atoms with Gasteiger partial charge in [-0.1, -0.05) is 18.2 Å². The van der Waals surface area contributed by atoms with Gasteiger partial charge in [0.1, 0.15) is 29.0 Å². The summed E-state index contributed by atoms with van der Waals surface area (Å²) in [4.78, 5) is 38.6. The molecule has 2 N–H and O–H groups in total. The zero-order chi connectivity index (χ0) is 24.5. The Kier molecular flexibility index (Phi) is 4.45. The van der Waals surface area contributed by atoms with Crippen molar-refractivity contribution in [2.45, 2.75) is 19.1 Å². The van der Waals surface area contributed by atoms with E-state index in [0.29, 0.717) is 11.1 Å². The number of pyridine rings is 1. The maximum Gasteiger partial charge on any atom is 0.263 e. The molecule has 0 saturated carbocycles. The van der Waals surface area contributed by atoms with Crippen molar-refractivity contribution in [3.8, 4) is 11.5 Å². The van der Waals surface area contributed by atoms with Crippen LogP contribution in [0.2, 0.25) is 0 Å². The van der Waals surface area contributed by atoms with E-state index in [1.54, 1.807) is 25.1 Å². The summed E-state index contributed by atoms with van der Waals surface area (Å²) in [6.07, 6.45) is 1.04. The first-order valence-electron chi connectivity index (χ1n) is 10.7. The van der Waals surface area contributed by atoms with Gasteiger partial charge < -0.3 is 15.4 Å². The molecule has 35 heavy (non-hydrogen) atoms. The smallest absolute Gasteiger partial charge is 0.263 e. The average Bonchev–Trinajstić information content (AvgIpc) is 3.34. The van der Waals surface area contributed by atoms with Gasteiger partial charge in [0.2, 0.25) is 5.91 Å². The highest BCUT2D eigenvalue weighted by molar-refractivity contribution is 6.13. The fourth-order valence-corrected chi connectivity index (χ4v) is 4.70. The fraction of sp³-hybridized carbons (Fsp3) is 0.217. The minimum Gasteiger partial charge on any atom is -0.363 e. The van der Waals surface area contributed by atoms with E-state index in [4.69, 9.17) is 4.74 Å². The first-order chi connectivity index (χ1) is 16.8. The lowest BCUT2D eigenvalue weighted by Crippen LogP contribution is -2.50. The van der Waals surface area contributed by atoms with E-state index in [1.165, 1.54) is 23.9 Å². The second-order valence-corrected chi connectivity index (χ2v) is 8.35. The van der Waals surface area contributed by atoms with Gasteiger partial charge in [-0.05, 0) is 19.1 Å². The third-order valence-electron chi connectivity index (χ3n) is 6.46. The quantitative estimate of drug-likeness (QED) is 0.463. The van der Waals surface area contributed by atoms with E-state index in [0.717, 1.165) is 6.20 Å². The Morgan fingerprint density at radius 2 is 1.89 bits per heavy atom. The highest BCUT2D eigenvalue weighted by Gasteiger charge is 2.59. The van der Waals surface area contributed by atoms with Crippen LogP contribution in [-0.2, 0) is 26.5 Å². The first-order valence-corrected chi connectivity index (χ1v) is 10.7. The molecule has 2 atom stereocenters. The monoisotopic (exact) mass is 477 g/mol. The van der Waals surface area contributed by atoms with Crippen molar-refractivity contribution in [2.75, 3.05) is 17.7 Å². The normalized spacial score (nSPS) is 20.6. The van der Waals surface area contributed by atoms with Gasteiger partial charge in [0.15, 0.2) is 17.1 Å². The van der Waals surface area contributed by atoms with E-state index in [9.17, 15) is 18.4 Å². The number of aromatic nitrogens is 5. The molecule has 0 unspecified atom stereocenters. The van der Waals surface area contributed by atoms with Gasteiger partial charge in [-0.2, -0.15) is 5.10 Å². The number of anilines is 2. The largest absolute Gasteiger partial charge is 0.363 e. The van der Waals surface area contributed by atoms with Gasteiger partial charge in [0.05, 0.1) is 29.6 Å². The minimum atomic E-state index is -1.56. The predicted molar refractivity (Wildman–Crippen MR) is 119 cm³/mol. The summed E-state index contributed by atoms with van der Waals surface area (Å²) in [5.41, 5.74) is -0.446. The van der Waals surface area contributed by atoms with Crippen LogP contribution in [-0.4, -0.2) is 43.7 Å². The number of carbonyl (C=O) groups excluding carboxylic acids is 2. The van der Waals surface area contributed by atoms with Crippen LogP contribution in [0, 0.1) is 17.6 Å².